The predicted octanol–water partition coefficient (Wildman–Crippen LogP) is 3.33. The van der Waals surface area contributed by atoms with Crippen molar-refractivity contribution in [3.63, 3.8) is 0 Å². The molecule has 3 heteroatoms. The zero-order valence-corrected chi connectivity index (χ0v) is 9.91. The van der Waals surface area contributed by atoms with Gasteiger partial charge in [0.25, 0.3) is 0 Å². The van der Waals surface area contributed by atoms with E-state index in [1.54, 1.807) is 6.92 Å². The lowest BCUT2D eigenvalue weighted by atomic mass is 10.1. The number of carbonyl (C=O) groups excluding carboxylic acids is 1. The Bertz CT molecular complexity index is 522. The molecule has 0 amide bonds. The van der Waals surface area contributed by atoms with E-state index in [1.807, 2.05) is 30.3 Å². The Morgan fingerprint density at radius 1 is 1.40 bits per heavy atom. The first-order valence-corrected chi connectivity index (χ1v) is 5.80. The fourth-order valence-corrected chi connectivity index (χ4v) is 1.99. The smallest absolute Gasteiger partial charge is 0.161 e. The van der Waals surface area contributed by atoms with Crippen molar-refractivity contribution < 1.29 is 4.79 Å². The largest absolute Gasteiger partial charge is 0.294 e. The molecular formula is C12H10BrNO. The van der Waals surface area contributed by atoms with Gasteiger partial charge in [-0.15, -0.1) is 0 Å². The van der Waals surface area contributed by atoms with Gasteiger partial charge in [0.05, 0.1) is 11.2 Å². The van der Waals surface area contributed by atoms with Crippen LogP contribution < -0.4 is 0 Å². The number of para-hydroxylation sites is 1. The maximum absolute atomic E-state index is 11.4. The molecule has 0 unspecified atom stereocenters. The molecule has 1 heterocycles. The number of fused-ring (bicyclic) bond motifs is 1. The average Bonchev–Trinajstić information content (AvgIpc) is 2.27. The monoisotopic (exact) mass is 263 g/mol. The van der Waals surface area contributed by atoms with Gasteiger partial charge in [-0.05, 0) is 19.1 Å². The summed E-state index contributed by atoms with van der Waals surface area (Å²) in [6.07, 6.45) is 0. The van der Waals surface area contributed by atoms with E-state index >= 15 is 0 Å². The number of benzene rings is 1. The first kappa shape index (κ1) is 10.3. The molecule has 0 fully saturated rings. The van der Waals surface area contributed by atoms with Crippen molar-refractivity contribution in [1.82, 2.24) is 4.98 Å². The number of Topliss-reactive ketones (excluding diaryl/α,β-unsaturated/α-hetero) is 1. The van der Waals surface area contributed by atoms with Gasteiger partial charge in [-0.3, -0.25) is 9.78 Å². The van der Waals surface area contributed by atoms with Crippen molar-refractivity contribution in [2.24, 2.45) is 0 Å². The number of hydrogen-bond acceptors (Lipinski definition) is 2. The Labute approximate surface area is 96.5 Å². The van der Waals surface area contributed by atoms with Gasteiger partial charge in [-0.25, -0.2) is 0 Å². The van der Waals surface area contributed by atoms with Gasteiger partial charge in [0.1, 0.15) is 0 Å². The van der Waals surface area contributed by atoms with E-state index in [2.05, 4.69) is 20.9 Å². The molecule has 1 aromatic carbocycles. The van der Waals surface area contributed by atoms with Crippen molar-refractivity contribution in [2.45, 2.75) is 12.3 Å². The highest BCUT2D eigenvalue weighted by Gasteiger charge is 2.09. The van der Waals surface area contributed by atoms with Crippen LogP contribution in [0.25, 0.3) is 10.9 Å². The molecular weight excluding hydrogens is 254 g/mol. The molecule has 0 aliphatic rings. The second-order valence-corrected chi connectivity index (χ2v) is 3.93. The minimum absolute atomic E-state index is 0.0581. The standard InChI is InChI=1S/C12H10BrNO/c1-8(15)10-6-9-4-2-3-5-11(9)14-12(10)7-13/h2-6H,7H2,1H3. The summed E-state index contributed by atoms with van der Waals surface area (Å²) < 4.78 is 0. The number of carbonyl (C=O) groups is 1. The van der Waals surface area contributed by atoms with Crippen LogP contribution in [0.1, 0.15) is 23.0 Å². The topological polar surface area (TPSA) is 30.0 Å². The molecule has 2 aromatic rings. The van der Waals surface area contributed by atoms with Gasteiger partial charge in [0, 0.05) is 16.3 Å². The van der Waals surface area contributed by atoms with Crippen LogP contribution in [0.3, 0.4) is 0 Å². The van der Waals surface area contributed by atoms with Crippen LogP contribution in [0.2, 0.25) is 0 Å². The Balaban J connectivity index is 2.74. The minimum Gasteiger partial charge on any atom is -0.294 e. The lowest BCUT2D eigenvalue weighted by Gasteiger charge is -2.05. The molecule has 0 aliphatic heterocycles. The summed E-state index contributed by atoms with van der Waals surface area (Å²) in [6.45, 7) is 1.57. The van der Waals surface area contributed by atoms with Crippen molar-refractivity contribution in [3.8, 4) is 0 Å². The van der Waals surface area contributed by atoms with Gasteiger partial charge in [-0.2, -0.15) is 0 Å². The van der Waals surface area contributed by atoms with Crippen LogP contribution in [0.4, 0.5) is 0 Å². The minimum atomic E-state index is 0.0581. The zero-order chi connectivity index (χ0) is 10.8. The molecule has 0 N–H and O–H groups in total. The number of ketones is 1. The molecule has 1 aromatic heterocycles. The fourth-order valence-electron chi connectivity index (χ4n) is 1.56. The molecule has 0 aliphatic carbocycles. The molecule has 0 saturated carbocycles. The number of rotatable bonds is 2. The van der Waals surface area contributed by atoms with E-state index < -0.39 is 0 Å². The van der Waals surface area contributed by atoms with Crippen LogP contribution in [-0.4, -0.2) is 10.8 Å². The number of nitrogens with zero attached hydrogens (tertiary/aromatic N) is 1. The molecule has 0 atom stereocenters. The quantitative estimate of drug-likeness (QED) is 0.615. The van der Waals surface area contributed by atoms with Gasteiger partial charge < -0.3 is 0 Å². The molecule has 76 valence electrons. The average molecular weight is 264 g/mol. The van der Waals surface area contributed by atoms with Gasteiger partial charge in [0.2, 0.25) is 0 Å². The third-order valence-electron chi connectivity index (χ3n) is 2.31. The third-order valence-corrected chi connectivity index (χ3v) is 2.84. The van der Waals surface area contributed by atoms with Crippen LogP contribution in [0.15, 0.2) is 30.3 Å². The van der Waals surface area contributed by atoms with Crippen LogP contribution in [0.5, 0.6) is 0 Å². The molecule has 2 nitrogen and oxygen atoms in total. The second-order valence-electron chi connectivity index (χ2n) is 3.37. The predicted molar refractivity (Wildman–Crippen MR) is 64.4 cm³/mol. The molecule has 0 spiro atoms. The maximum Gasteiger partial charge on any atom is 0.161 e. The fraction of sp³-hybridized carbons (Fsp3) is 0.167. The summed E-state index contributed by atoms with van der Waals surface area (Å²) in [4.78, 5) is 15.9. The Kier molecular flexibility index (Phi) is 2.82. The zero-order valence-electron chi connectivity index (χ0n) is 8.33. The van der Waals surface area contributed by atoms with E-state index in [0.717, 1.165) is 16.6 Å². The van der Waals surface area contributed by atoms with Gasteiger partial charge >= 0.3 is 0 Å². The van der Waals surface area contributed by atoms with Crippen LogP contribution in [-0.2, 0) is 5.33 Å². The highest BCUT2D eigenvalue weighted by molar-refractivity contribution is 9.08. The molecule has 0 saturated heterocycles. The number of aromatic nitrogens is 1. The normalized spacial score (nSPS) is 10.5. The first-order chi connectivity index (χ1) is 7.22. The summed E-state index contributed by atoms with van der Waals surface area (Å²) in [5.74, 6) is 0.0581. The third kappa shape index (κ3) is 1.92. The van der Waals surface area contributed by atoms with E-state index in [4.69, 9.17) is 0 Å². The highest BCUT2D eigenvalue weighted by atomic mass is 79.9. The summed E-state index contributed by atoms with van der Waals surface area (Å²) >= 11 is 3.35. The lowest BCUT2D eigenvalue weighted by Crippen LogP contribution is -2.01. The first-order valence-electron chi connectivity index (χ1n) is 4.68. The van der Waals surface area contributed by atoms with E-state index in [9.17, 15) is 4.79 Å². The number of halogens is 1. The van der Waals surface area contributed by atoms with Crippen LogP contribution in [0, 0.1) is 0 Å². The second kappa shape index (κ2) is 4.11. The molecule has 0 bridgehead atoms. The number of alkyl halides is 1. The summed E-state index contributed by atoms with van der Waals surface area (Å²) in [6, 6.07) is 9.71. The highest BCUT2D eigenvalue weighted by Crippen LogP contribution is 2.18. The van der Waals surface area contributed by atoms with Crippen molar-refractivity contribution in [3.05, 3.63) is 41.6 Å². The maximum atomic E-state index is 11.4. The van der Waals surface area contributed by atoms with Gasteiger partial charge in [0.15, 0.2) is 5.78 Å². The summed E-state index contributed by atoms with van der Waals surface area (Å²) in [5.41, 5.74) is 2.43. The SMILES string of the molecule is CC(=O)c1cc2ccccc2nc1CBr. The number of hydrogen-bond donors (Lipinski definition) is 0. The lowest BCUT2D eigenvalue weighted by molar-refractivity contribution is 0.101. The van der Waals surface area contributed by atoms with Crippen molar-refractivity contribution >= 4 is 32.6 Å². The van der Waals surface area contributed by atoms with Gasteiger partial charge in [-0.1, -0.05) is 34.1 Å². The number of pyridine rings is 1. The Morgan fingerprint density at radius 2 is 2.13 bits per heavy atom. The Hall–Kier alpha value is -1.22. The van der Waals surface area contributed by atoms with Crippen molar-refractivity contribution in [2.75, 3.05) is 0 Å². The van der Waals surface area contributed by atoms with Crippen LogP contribution >= 0.6 is 15.9 Å². The van der Waals surface area contributed by atoms with E-state index in [1.165, 1.54) is 0 Å². The molecule has 15 heavy (non-hydrogen) atoms. The summed E-state index contributed by atoms with van der Waals surface area (Å²) in [5, 5.41) is 1.61. The summed E-state index contributed by atoms with van der Waals surface area (Å²) in [7, 11) is 0. The Morgan fingerprint density at radius 3 is 2.80 bits per heavy atom. The van der Waals surface area contributed by atoms with E-state index in [-0.39, 0.29) is 5.78 Å². The molecule has 0 radical (unpaired) electrons. The van der Waals surface area contributed by atoms with E-state index in [0.29, 0.717) is 10.9 Å². The molecule has 2 rings (SSSR count). The van der Waals surface area contributed by atoms with Crippen molar-refractivity contribution in [1.29, 1.82) is 0 Å².